The van der Waals surface area contributed by atoms with Crippen LogP contribution in [0.5, 0.6) is 0 Å². The first-order valence-corrected chi connectivity index (χ1v) is 6.91. The minimum atomic E-state index is -0.337. The van der Waals surface area contributed by atoms with Gasteiger partial charge < -0.3 is 5.11 Å². The molecule has 0 bridgehead atoms. The van der Waals surface area contributed by atoms with Crippen LogP contribution in [0.3, 0.4) is 0 Å². The minimum Gasteiger partial charge on any atom is -0.392 e. The van der Waals surface area contributed by atoms with Gasteiger partial charge >= 0.3 is 0 Å². The lowest BCUT2D eigenvalue weighted by molar-refractivity contribution is 0.168. The van der Waals surface area contributed by atoms with Crippen molar-refractivity contribution in [3.05, 3.63) is 23.8 Å². The Morgan fingerprint density at radius 1 is 1.33 bits per heavy atom. The molecule has 4 nitrogen and oxygen atoms in total. The van der Waals surface area contributed by atoms with Crippen molar-refractivity contribution in [2.75, 3.05) is 0 Å². The summed E-state index contributed by atoms with van der Waals surface area (Å²) < 4.78 is 1.89. The molecule has 1 aliphatic rings. The first kappa shape index (κ1) is 13.3. The molecule has 18 heavy (non-hydrogen) atoms. The van der Waals surface area contributed by atoms with E-state index in [1.807, 2.05) is 4.68 Å². The Morgan fingerprint density at radius 2 is 2.17 bits per heavy atom. The van der Waals surface area contributed by atoms with Gasteiger partial charge in [-0.25, -0.2) is 9.67 Å². The Bertz CT molecular complexity index is 409. The van der Waals surface area contributed by atoms with Crippen molar-refractivity contribution in [1.82, 2.24) is 14.8 Å². The van der Waals surface area contributed by atoms with Gasteiger partial charge in [-0.3, -0.25) is 0 Å². The largest absolute Gasteiger partial charge is 0.392 e. The average Bonchev–Trinajstić information content (AvgIpc) is 2.78. The molecule has 1 unspecified atom stereocenters. The zero-order valence-corrected chi connectivity index (χ0v) is 11.3. The fraction of sp³-hybridized carbons (Fsp3) is 0.714. The standard InChI is InChI=1S/C14H23N3O/c1-11(2)17-14(15-10-16-17)9-13(18)8-12-6-4-3-5-7-12/h6,10-11,13,18H,3-5,7-9H2,1-2H3. The van der Waals surface area contributed by atoms with Crippen LogP contribution in [0, 0.1) is 0 Å². The molecular formula is C14H23N3O. The van der Waals surface area contributed by atoms with E-state index in [1.54, 1.807) is 6.33 Å². The van der Waals surface area contributed by atoms with E-state index in [1.165, 1.54) is 24.8 Å². The first-order valence-electron chi connectivity index (χ1n) is 6.91. The van der Waals surface area contributed by atoms with Crippen molar-refractivity contribution < 1.29 is 5.11 Å². The van der Waals surface area contributed by atoms with E-state index in [2.05, 4.69) is 30.0 Å². The fourth-order valence-corrected chi connectivity index (χ4v) is 2.53. The first-order chi connectivity index (χ1) is 8.66. The molecule has 0 radical (unpaired) electrons. The molecule has 1 aromatic heterocycles. The molecule has 4 heteroatoms. The minimum absolute atomic E-state index is 0.295. The molecule has 1 N–H and O–H groups in total. The predicted octanol–water partition coefficient (Wildman–Crippen LogP) is 2.65. The molecule has 0 amide bonds. The summed E-state index contributed by atoms with van der Waals surface area (Å²) in [6, 6.07) is 0.295. The van der Waals surface area contributed by atoms with Gasteiger partial charge in [0.15, 0.2) is 0 Å². The third-order valence-electron chi connectivity index (χ3n) is 3.44. The summed E-state index contributed by atoms with van der Waals surface area (Å²) in [5, 5.41) is 14.4. The summed E-state index contributed by atoms with van der Waals surface area (Å²) in [7, 11) is 0. The number of allylic oxidation sites excluding steroid dienone is 1. The molecule has 1 heterocycles. The van der Waals surface area contributed by atoms with E-state index in [4.69, 9.17) is 0 Å². The van der Waals surface area contributed by atoms with Gasteiger partial charge in [-0.05, 0) is 46.0 Å². The monoisotopic (exact) mass is 249 g/mol. The van der Waals surface area contributed by atoms with Gasteiger partial charge in [-0.1, -0.05) is 11.6 Å². The van der Waals surface area contributed by atoms with Crippen LogP contribution in [-0.4, -0.2) is 26.0 Å². The smallest absolute Gasteiger partial charge is 0.138 e. The van der Waals surface area contributed by atoms with Gasteiger partial charge in [0.25, 0.3) is 0 Å². The molecule has 0 aromatic carbocycles. The molecule has 1 aliphatic carbocycles. The number of aliphatic hydroxyl groups is 1. The van der Waals surface area contributed by atoms with Crippen LogP contribution in [0.4, 0.5) is 0 Å². The molecule has 1 atom stereocenters. The van der Waals surface area contributed by atoms with Gasteiger partial charge in [0, 0.05) is 12.5 Å². The van der Waals surface area contributed by atoms with Crippen molar-refractivity contribution in [2.45, 2.75) is 64.5 Å². The van der Waals surface area contributed by atoms with Crippen LogP contribution in [0.1, 0.15) is 57.8 Å². The lowest BCUT2D eigenvalue weighted by Gasteiger charge is -2.17. The highest BCUT2D eigenvalue weighted by Gasteiger charge is 2.15. The maximum Gasteiger partial charge on any atom is 0.138 e. The molecular weight excluding hydrogens is 226 g/mol. The van der Waals surface area contributed by atoms with Gasteiger partial charge in [0.1, 0.15) is 12.2 Å². The second-order valence-corrected chi connectivity index (χ2v) is 5.38. The van der Waals surface area contributed by atoms with Crippen molar-refractivity contribution in [2.24, 2.45) is 0 Å². The van der Waals surface area contributed by atoms with Crippen molar-refractivity contribution in [3.8, 4) is 0 Å². The zero-order chi connectivity index (χ0) is 13.0. The average molecular weight is 249 g/mol. The quantitative estimate of drug-likeness (QED) is 0.816. The van der Waals surface area contributed by atoms with Gasteiger partial charge in [0.05, 0.1) is 6.10 Å². The highest BCUT2D eigenvalue weighted by Crippen LogP contribution is 2.22. The molecule has 0 aliphatic heterocycles. The predicted molar refractivity (Wildman–Crippen MR) is 71.3 cm³/mol. The Hall–Kier alpha value is -1.16. The summed E-state index contributed by atoms with van der Waals surface area (Å²) in [5.74, 6) is 0.883. The third kappa shape index (κ3) is 3.42. The molecule has 0 saturated carbocycles. The van der Waals surface area contributed by atoms with Crippen LogP contribution >= 0.6 is 0 Å². The fourth-order valence-electron chi connectivity index (χ4n) is 2.53. The van der Waals surface area contributed by atoms with E-state index in [0.29, 0.717) is 12.5 Å². The van der Waals surface area contributed by atoms with Crippen LogP contribution < -0.4 is 0 Å². The highest BCUT2D eigenvalue weighted by molar-refractivity contribution is 5.07. The maximum atomic E-state index is 10.2. The topological polar surface area (TPSA) is 50.9 Å². The summed E-state index contributed by atoms with van der Waals surface area (Å²) in [6.45, 7) is 4.16. The number of hydrogen-bond donors (Lipinski definition) is 1. The summed E-state index contributed by atoms with van der Waals surface area (Å²) in [4.78, 5) is 4.24. The number of aromatic nitrogens is 3. The highest BCUT2D eigenvalue weighted by atomic mass is 16.3. The third-order valence-corrected chi connectivity index (χ3v) is 3.44. The molecule has 2 rings (SSSR count). The van der Waals surface area contributed by atoms with E-state index >= 15 is 0 Å². The van der Waals surface area contributed by atoms with E-state index < -0.39 is 0 Å². The molecule has 1 aromatic rings. The summed E-state index contributed by atoms with van der Waals surface area (Å²) in [6.07, 6.45) is 9.78. The van der Waals surface area contributed by atoms with Crippen molar-refractivity contribution in [3.63, 3.8) is 0 Å². The molecule has 0 spiro atoms. The van der Waals surface area contributed by atoms with Crippen LogP contribution in [-0.2, 0) is 6.42 Å². The van der Waals surface area contributed by atoms with Gasteiger partial charge in [-0.2, -0.15) is 5.10 Å². The second-order valence-electron chi connectivity index (χ2n) is 5.38. The van der Waals surface area contributed by atoms with E-state index in [-0.39, 0.29) is 6.10 Å². The Kier molecular flexibility index (Phi) is 4.53. The molecule has 100 valence electrons. The number of nitrogens with zero attached hydrogens (tertiary/aromatic N) is 3. The summed E-state index contributed by atoms with van der Waals surface area (Å²) in [5.41, 5.74) is 1.41. The van der Waals surface area contributed by atoms with Crippen LogP contribution in [0.15, 0.2) is 18.0 Å². The Morgan fingerprint density at radius 3 is 2.83 bits per heavy atom. The van der Waals surface area contributed by atoms with Crippen LogP contribution in [0.2, 0.25) is 0 Å². The Labute approximate surface area is 109 Å². The summed E-state index contributed by atoms with van der Waals surface area (Å²) >= 11 is 0. The lowest BCUT2D eigenvalue weighted by Crippen LogP contribution is -2.17. The zero-order valence-electron chi connectivity index (χ0n) is 11.3. The molecule has 0 saturated heterocycles. The van der Waals surface area contributed by atoms with Gasteiger partial charge in [0.2, 0.25) is 0 Å². The number of aliphatic hydroxyl groups excluding tert-OH is 1. The Balaban J connectivity index is 1.92. The number of hydrogen-bond acceptors (Lipinski definition) is 3. The van der Waals surface area contributed by atoms with E-state index in [0.717, 1.165) is 18.7 Å². The maximum absolute atomic E-state index is 10.2. The van der Waals surface area contributed by atoms with Crippen molar-refractivity contribution >= 4 is 0 Å². The lowest BCUT2D eigenvalue weighted by atomic mass is 9.94. The second kappa shape index (κ2) is 6.14. The molecule has 0 fully saturated rings. The van der Waals surface area contributed by atoms with Crippen molar-refractivity contribution in [1.29, 1.82) is 0 Å². The van der Waals surface area contributed by atoms with E-state index in [9.17, 15) is 5.11 Å². The van der Waals surface area contributed by atoms with Crippen LogP contribution in [0.25, 0.3) is 0 Å². The number of rotatable bonds is 5. The van der Waals surface area contributed by atoms with Gasteiger partial charge in [-0.15, -0.1) is 0 Å². The normalized spacial score (nSPS) is 17.9. The SMILES string of the molecule is CC(C)n1ncnc1CC(O)CC1=CCCCC1.